The van der Waals surface area contributed by atoms with E-state index in [1.165, 1.54) is 19.3 Å². The van der Waals surface area contributed by atoms with Gasteiger partial charge in [0.15, 0.2) is 0 Å². The highest BCUT2D eigenvalue weighted by atomic mass is 79.9. The second kappa shape index (κ2) is 17.8. The first kappa shape index (κ1) is 43.0. The van der Waals surface area contributed by atoms with Crippen molar-refractivity contribution in [2.45, 2.75) is 135 Å². The van der Waals surface area contributed by atoms with E-state index in [4.69, 9.17) is 28.0 Å². The molecule has 51 heavy (non-hydrogen) atoms. The highest BCUT2D eigenvalue weighted by Gasteiger charge is 2.49. The van der Waals surface area contributed by atoms with Crippen molar-refractivity contribution in [2.24, 2.45) is 0 Å². The molecule has 1 aliphatic heterocycles. The summed E-state index contributed by atoms with van der Waals surface area (Å²) >= 11 is 25.7. The molecule has 0 atom stereocenters. The van der Waals surface area contributed by atoms with E-state index < -0.39 is 0 Å². The van der Waals surface area contributed by atoms with Gasteiger partial charge < -0.3 is 15.1 Å². The Hall–Kier alpha value is -0.730. The summed E-state index contributed by atoms with van der Waals surface area (Å²) < 4.78 is 2.54. The maximum Gasteiger partial charge on any atom is 0.231 e. The van der Waals surface area contributed by atoms with Gasteiger partial charge in [0.2, 0.25) is 16.5 Å². The standard InChI is InChI=1S/C22H37Cl2N5O.C15H12Br4O2/c1-6-7-13-28(20-26-18(23)25-19(24)27-20)16-14-21(2,3)29(22(4,5)15-16)30-17-11-9-8-10-12-17;1-15(2,7-3-9(16)13(20)10(17)4-7)8-5-11(18)14(21)12(19)6-8/h16-17H,6-15H2,1-5H3;3-6,20-21H,1-2H3. The number of aromatic nitrogens is 3. The highest BCUT2D eigenvalue weighted by Crippen LogP contribution is 2.44. The van der Waals surface area contributed by atoms with Gasteiger partial charge in [-0.1, -0.05) is 46.5 Å². The predicted octanol–water partition coefficient (Wildman–Crippen LogP) is 12.5. The molecule has 282 valence electrons. The number of hydrogen-bond donors (Lipinski definition) is 2. The Labute approximate surface area is 346 Å². The Morgan fingerprint density at radius 1 is 0.804 bits per heavy atom. The number of rotatable bonds is 9. The highest BCUT2D eigenvalue weighted by molar-refractivity contribution is 9.11. The summed E-state index contributed by atoms with van der Waals surface area (Å²) in [6.45, 7) is 16.4. The Morgan fingerprint density at radius 2 is 1.24 bits per heavy atom. The molecule has 5 rings (SSSR count). The van der Waals surface area contributed by atoms with E-state index in [1.54, 1.807) is 0 Å². The SMILES string of the molecule is CC(C)(c1cc(Br)c(O)c(Br)c1)c1cc(Br)c(O)c(Br)c1.CCCCN(c1nc(Cl)nc(Cl)n1)C1CC(C)(C)N(OC2CCCCC2)C(C)(C)C1. The number of unbranched alkanes of at least 4 members (excludes halogenated alkanes) is 1. The van der Waals surface area contributed by atoms with Gasteiger partial charge in [-0.3, -0.25) is 4.84 Å². The molecule has 8 nitrogen and oxygen atoms in total. The van der Waals surface area contributed by atoms with Crippen LogP contribution in [-0.2, 0) is 10.3 Å². The lowest BCUT2D eigenvalue weighted by atomic mass is 9.78. The number of halogens is 6. The largest absolute Gasteiger partial charge is 0.506 e. The number of phenols is 2. The van der Waals surface area contributed by atoms with Crippen LogP contribution in [0.2, 0.25) is 10.6 Å². The lowest BCUT2D eigenvalue weighted by Crippen LogP contribution is -2.65. The van der Waals surface area contributed by atoms with Gasteiger partial charge in [-0.2, -0.15) is 20.0 Å². The Balaban J connectivity index is 0.000000244. The van der Waals surface area contributed by atoms with Gasteiger partial charge in [0, 0.05) is 29.1 Å². The van der Waals surface area contributed by atoms with Gasteiger partial charge in [0.05, 0.1) is 24.0 Å². The maximum atomic E-state index is 9.85. The minimum absolute atomic E-state index is 0.116. The fraction of sp³-hybridized carbons (Fsp3) is 0.595. The molecule has 2 aliphatic rings. The zero-order valence-corrected chi connectivity index (χ0v) is 38.2. The zero-order chi connectivity index (χ0) is 37.9. The van der Waals surface area contributed by atoms with Gasteiger partial charge in [-0.05, 0) is 182 Å². The molecule has 0 spiro atoms. The van der Waals surface area contributed by atoms with E-state index >= 15 is 0 Å². The molecule has 1 saturated carbocycles. The van der Waals surface area contributed by atoms with Crippen molar-refractivity contribution in [1.82, 2.24) is 20.0 Å². The van der Waals surface area contributed by atoms with Crippen molar-refractivity contribution >= 4 is 92.9 Å². The average Bonchev–Trinajstić information content (AvgIpc) is 3.04. The Bertz CT molecular complexity index is 1530. The van der Waals surface area contributed by atoms with Crippen molar-refractivity contribution in [1.29, 1.82) is 0 Å². The van der Waals surface area contributed by atoms with Crippen LogP contribution >= 0.6 is 86.9 Å². The molecular weight excluding hydrogens is 953 g/mol. The predicted molar refractivity (Wildman–Crippen MR) is 222 cm³/mol. The van der Waals surface area contributed by atoms with Crippen LogP contribution in [0.4, 0.5) is 5.95 Å². The number of benzene rings is 2. The lowest BCUT2D eigenvalue weighted by molar-refractivity contribution is -0.310. The summed E-state index contributed by atoms with van der Waals surface area (Å²) in [4.78, 5) is 21.7. The number of hydroxylamine groups is 2. The minimum Gasteiger partial charge on any atom is -0.506 e. The minimum atomic E-state index is -0.308. The van der Waals surface area contributed by atoms with Crippen molar-refractivity contribution in [3.63, 3.8) is 0 Å². The third-order valence-electron chi connectivity index (χ3n) is 9.87. The molecule has 1 aromatic heterocycles. The van der Waals surface area contributed by atoms with Gasteiger partial charge in [0.1, 0.15) is 11.5 Å². The van der Waals surface area contributed by atoms with Crippen molar-refractivity contribution in [3.05, 3.63) is 63.9 Å². The van der Waals surface area contributed by atoms with E-state index in [2.05, 4.69) is 137 Å². The Morgan fingerprint density at radius 3 is 1.65 bits per heavy atom. The second-order valence-electron chi connectivity index (χ2n) is 15.3. The van der Waals surface area contributed by atoms with E-state index in [9.17, 15) is 10.2 Å². The number of hydrogen-bond acceptors (Lipinski definition) is 8. The van der Waals surface area contributed by atoms with Crippen LogP contribution in [0, 0.1) is 0 Å². The molecule has 2 N–H and O–H groups in total. The van der Waals surface area contributed by atoms with Crippen LogP contribution in [-0.4, -0.2) is 60.0 Å². The topological polar surface area (TPSA) is 94.8 Å². The number of anilines is 1. The van der Waals surface area contributed by atoms with Gasteiger partial charge >= 0.3 is 0 Å². The fourth-order valence-corrected chi connectivity index (χ4v) is 10.0. The molecule has 1 saturated heterocycles. The smallest absolute Gasteiger partial charge is 0.231 e. The first-order valence-corrected chi connectivity index (χ1v) is 21.4. The quantitative estimate of drug-likeness (QED) is 0.219. The molecule has 2 fully saturated rings. The van der Waals surface area contributed by atoms with Crippen molar-refractivity contribution in [2.75, 3.05) is 11.4 Å². The average molecular weight is 1000 g/mol. The van der Waals surface area contributed by atoms with Crippen LogP contribution in [0.5, 0.6) is 11.5 Å². The first-order chi connectivity index (χ1) is 23.8. The molecule has 0 radical (unpaired) electrons. The van der Waals surface area contributed by atoms with Crippen LogP contribution in [0.1, 0.15) is 117 Å². The zero-order valence-electron chi connectivity index (χ0n) is 30.3. The molecule has 1 aliphatic carbocycles. The summed E-state index contributed by atoms with van der Waals surface area (Å²) in [6.07, 6.45) is 10.6. The van der Waals surface area contributed by atoms with Crippen LogP contribution in [0.3, 0.4) is 0 Å². The van der Waals surface area contributed by atoms with E-state index in [-0.39, 0.29) is 44.6 Å². The molecule has 2 aromatic carbocycles. The lowest BCUT2D eigenvalue weighted by Gasteiger charge is -2.56. The molecule has 0 amide bonds. The van der Waals surface area contributed by atoms with Crippen molar-refractivity contribution < 1.29 is 15.1 Å². The summed E-state index contributed by atoms with van der Waals surface area (Å²) in [5.41, 5.74) is 1.52. The third kappa shape index (κ3) is 10.7. The Kier molecular flexibility index (Phi) is 15.0. The third-order valence-corrected chi connectivity index (χ3v) is 12.6. The van der Waals surface area contributed by atoms with E-state index in [0.29, 0.717) is 29.9 Å². The van der Waals surface area contributed by atoms with Crippen LogP contribution in [0.25, 0.3) is 0 Å². The van der Waals surface area contributed by atoms with Gasteiger partial charge in [0.25, 0.3) is 0 Å². The summed E-state index contributed by atoms with van der Waals surface area (Å²) in [5.74, 6) is 0.942. The van der Waals surface area contributed by atoms with Crippen LogP contribution in [0.15, 0.2) is 42.2 Å². The van der Waals surface area contributed by atoms with Crippen LogP contribution < -0.4 is 4.90 Å². The second-order valence-corrected chi connectivity index (χ2v) is 19.4. The molecule has 14 heteroatoms. The first-order valence-electron chi connectivity index (χ1n) is 17.4. The summed E-state index contributed by atoms with van der Waals surface area (Å²) in [6, 6.07) is 7.86. The maximum absolute atomic E-state index is 9.85. The monoisotopic (exact) mass is 997 g/mol. The van der Waals surface area contributed by atoms with Gasteiger partial charge in [-0.25, -0.2) is 0 Å². The van der Waals surface area contributed by atoms with Gasteiger partial charge in [-0.15, -0.1) is 0 Å². The number of aromatic hydroxyl groups is 2. The van der Waals surface area contributed by atoms with E-state index in [1.807, 2.05) is 24.3 Å². The fourth-order valence-electron chi connectivity index (χ4n) is 7.27. The molecule has 2 heterocycles. The summed E-state index contributed by atoms with van der Waals surface area (Å²) in [5, 5.41) is 22.3. The molecule has 3 aromatic rings. The number of nitrogens with zero attached hydrogens (tertiary/aromatic N) is 5. The number of piperidine rings is 1. The van der Waals surface area contributed by atoms with Crippen molar-refractivity contribution in [3.8, 4) is 11.5 Å². The van der Waals surface area contributed by atoms with E-state index in [0.717, 1.165) is 56.2 Å². The molecule has 0 bridgehead atoms. The molecular formula is C37H49Br4Cl2N5O3. The molecule has 0 unspecified atom stereocenters. The number of phenolic OH excluding ortho intramolecular Hbond substituents is 2. The normalized spacial score (nSPS) is 18.3. The summed E-state index contributed by atoms with van der Waals surface area (Å²) in [7, 11) is 0.